The van der Waals surface area contributed by atoms with Crippen LogP contribution >= 0.6 is 11.3 Å². The maximum absolute atomic E-state index is 12.8. The van der Waals surface area contributed by atoms with Gasteiger partial charge in [0.25, 0.3) is 5.91 Å². The van der Waals surface area contributed by atoms with Gasteiger partial charge in [0.2, 0.25) is 10.0 Å². The molecule has 0 atom stereocenters. The summed E-state index contributed by atoms with van der Waals surface area (Å²) in [4.78, 5) is 17.6. The Morgan fingerprint density at radius 3 is 2.72 bits per heavy atom. The van der Waals surface area contributed by atoms with E-state index in [1.807, 2.05) is 13.0 Å². The summed E-state index contributed by atoms with van der Waals surface area (Å²) >= 11 is 1.18. The summed E-state index contributed by atoms with van der Waals surface area (Å²) in [6.07, 6.45) is 0.542. The van der Waals surface area contributed by atoms with Gasteiger partial charge in [-0.2, -0.15) is 0 Å². The zero-order valence-electron chi connectivity index (χ0n) is 15.8. The Hall–Kier alpha value is -2.85. The molecule has 1 aliphatic heterocycles. The molecule has 2 N–H and O–H groups in total. The number of rotatable bonds is 4. The first-order valence-corrected chi connectivity index (χ1v) is 11.4. The van der Waals surface area contributed by atoms with Crippen LogP contribution in [0.4, 0.5) is 11.4 Å². The number of anilines is 2. The number of nitrogens with zero attached hydrogens (tertiary/aromatic N) is 2. The average molecular weight is 434 g/mol. The lowest BCUT2D eigenvalue weighted by molar-refractivity contribution is 0.102. The van der Waals surface area contributed by atoms with E-state index in [-0.39, 0.29) is 17.2 Å². The summed E-state index contributed by atoms with van der Waals surface area (Å²) in [6, 6.07) is 7.96. The van der Waals surface area contributed by atoms with Crippen molar-refractivity contribution in [3.63, 3.8) is 0 Å². The van der Waals surface area contributed by atoms with E-state index < -0.39 is 15.9 Å². The number of phenols is 1. The van der Waals surface area contributed by atoms with Gasteiger partial charge in [0.15, 0.2) is 10.8 Å². The van der Waals surface area contributed by atoms with Gasteiger partial charge in [-0.15, -0.1) is 11.3 Å². The van der Waals surface area contributed by atoms with Gasteiger partial charge in [-0.1, -0.05) is 0 Å². The first-order chi connectivity index (χ1) is 13.7. The third-order valence-electron chi connectivity index (χ3n) is 4.57. The van der Waals surface area contributed by atoms with Crippen LogP contribution in [0.1, 0.15) is 27.5 Å². The number of hydrogen-bond donors (Lipinski definition) is 2. The van der Waals surface area contributed by atoms with Gasteiger partial charge in [0.05, 0.1) is 22.8 Å². The quantitative estimate of drug-likeness (QED) is 0.609. The van der Waals surface area contributed by atoms with Gasteiger partial charge >= 0.3 is 0 Å². The van der Waals surface area contributed by atoms with E-state index in [1.165, 1.54) is 33.8 Å². The Morgan fingerprint density at radius 2 is 2.07 bits per heavy atom. The predicted octanol–water partition coefficient (Wildman–Crippen LogP) is 3.52. The number of furan rings is 1. The van der Waals surface area contributed by atoms with Gasteiger partial charge in [0.1, 0.15) is 16.4 Å². The van der Waals surface area contributed by atoms with Crippen LogP contribution in [0.5, 0.6) is 5.75 Å². The highest BCUT2D eigenvalue weighted by Crippen LogP contribution is 2.34. The number of amides is 1. The molecule has 4 rings (SSSR count). The van der Waals surface area contributed by atoms with Crippen molar-refractivity contribution in [2.45, 2.75) is 20.3 Å². The third kappa shape index (κ3) is 3.73. The molecule has 0 spiro atoms. The van der Waals surface area contributed by atoms with Crippen molar-refractivity contribution in [3.8, 4) is 16.5 Å². The lowest BCUT2D eigenvalue weighted by Crippen LogP contribution is -2.25. The van der Waals surface area contributed by atoms with Gasteiger partial charge < -0.3 is 14.8 Å². The Kier molecular flexibility index (Phi) is 4.83. The molecule has 1 amide bonds. The van der Waals surface area contributed by atoms with Crippen LogP contribution in [0.25, 0.3) is 10.8 Å². The standard InChI is InChI=1S/C19H19N3O5S2/c1-11-4-7-16(27-11)19-20-12(2)17(28-19)18(24)21-14-10-13(5-6-15(14)23)22-8-3-9-29(22,25)26/h4-7,10,23H,3,8-9H2,1-2H3,(H,21,24). The number of carbonyl (C=O) groups is 1. The van der Waals surface area contributed by atoms with Crippen LogP contribution in [0.15, 0.2) is 34.7 Å². The molecular formula is C19H19N3O5S2. The lowest BCUT2D eigenvalue weighted by atomic mass is 10.2. The monoisotopic (exact) mass is 433 g/mol. The van der Waals surface area contributed by atoms with Gasteiger partial charge in [-0.05, 0) is 50.6 Å². The van der Waals surface area contributed by atoms with Crippen LogP contribution in [0, 0.1) is 13.8 Å². The molecule has 3 aromatic rings. The van der Waals surface area contributed by atoms with Crippen molar-refractivity contribution >= 4 is 38.6 Å². The Balaban J connectivity index is 1.60. The highest BCUT2D eigenvalue weighted by Gasteiger charge is 2.29. The summed E-state index contributed by atoms with van der Waals surface area (Å²) < 4.78 is 31.1. The molecule has 1 aliphatic rings. The summed E-state index contributed by atoms with van der Waals surface area (Å²) in [6.45, 7) is 3.92. The van der Waals surface area contributed by atoms with Crippen LogP contribution in [-0.2, 0) is 10.0 Å². The fourth-order valence-electron chi connectivity index (χ4n) is 3.15. The number of aromatic nitrogens is 1. The van der Waals surface area contributed by atoms with Crippen LogP contribution in [-0.4, -0.2) is 36.7 Å². The molecule has 1 saturated heterocycles. The molecule has 0 aliphatic carbocycles. The largest absolute Gasteiger partial charge is 0.506 e. The van der Waals surface area contributed by atoms with Crippen LogP contribution in [0.3, 0.4) is 0 Å². The van der Waals surface area contributed by atoms with E-state index in [0.29, 0.717) is 40.0 Å². The van der Waals surface area contributed by atoms with E-state index in [4.69, 9.17) is 4.42 Å². The normalized spacial score (nSPS) is 15.6. The number of carbonyl (C=O) groups excluding carboxylic acids is 1. The van der Waals surface area contributed by atoms with E-state index >= 15 is 0 Å². The second kappa shape index (κ2) is 7.20. The Bertz CT molecular complexity index is 1200. The Labute approximate surface area is 171 Å². The Morgan fingerprint density at radius 1 is 1.28 bits per heavy atom. The van der Waals surface area contributed by atoms with Crippen LogP contribution < -0.4 is 9.62 Å². The molecule has 1 fully saturated rings. The first-order valence-electron chi connectivity index (χ1n) is 8.93. The van der Waals surface area contributed by atoms with Crippen molar-refractivity contribution in [1.29, 1.82) is 0 Å². The average Bonchev–Trinajstić information content (AvgIpc) is 3.35. The second-order valence-corrected chi connectivity index (χ2v) is 9.75. The van der Waals surface area contributed by atoms with Crippen molar-refractivity contribution in [3.05, 3.63) is 46.7 Å². The highest BCUT2D eigenvalue weighted by molar-refractivity contribution is 7.93. The van der Waals surface area contributed by atoms with Gasteiger partial charge in [-0.3, -0.25) is 9.10 Å². The minimum atomic E-state index is -3.36. The molecule has 0 saturated carbocycles. The molecule has 152 valence electrons. The molecule has 1 aromatic carbocycles. The number of hydrogen-bond acceptors (Lipinski definition) is 7. The molecule has 0 radical (unpaired) electrons. The SMILES string of the molecule is Cc1ccc(-c2nc(C)c(C(=O)Nc3cc(N4CCCS4(=O)=O)ccc3O)s2)o1. The molecule has 10 heteroatoms. The van der Waals surface area contributed by atoms with Crippen molar-refractivity contribution < 1.29 is 22.7 Å². The van der Waals surface area contributed by atoms with Crippen molar-refractivity contribution in [2.75, 3.05) is 21.9 Å². The van der Waals surface area contributed by atoms with Crippen LogP contribution in [0.2, 0.25) is 0 Å². The van der Waals surface area contributed by atoms with E-state index in [0.717, 1.165) is 5.76 Å². The fourth-order valence-corrected chi connectivity index (χ4v) is 5.63. The topological polar surface area (TPSA) is 113 Å². The molecule has 0 bridgehead atoms. The van der Waals surface area contributed by atoms with Gasteiger partial charge in [0, 0.05) is 6.54 Å². The number of thiazole rings is 1. The summed E-state index contributed by atoms with van der Waals surface area (Å²) in [5.41, 5.74) is 1.08. The molecule has 0 unspecified atom stereocenters. The maximum Gasteiger partial charge on any atom is 0.267 e. The van der Waals surface area contributed by atoms with Gasteiger partial charge in [-0.25, -0.2) is 13.4 Å². The number of benzene rings is 1. The predicted molar refractivity (Wildman–Crippen MR) is 111 cm³/mol. The summed E-state index contributed by atoms with van der Waals surface area (Å²) in [7, 11) is -3.36. The fraction of sp³-hybridized carbons (Fsp3) is 0.263. The zero-order valence-corrected chi connectivity index (χ0v) is 17.4. The van der Waals surface area contributed by atoms with E-state index in [9.17, 15) is 18.3 Å². The highest BCUT2D eigenvalue weighted by atomic mass is 32.2. The molecular weight excluding hydrogens is 414 g/mol. The number of aromatic hydroxyl groups is 1. The number of aryl methyl sites for hydroxylation is 2. The third-order valence-corrected chi connectivity index (χ3v) is 7.61. The van der Waals surface area contributed by atoms with Crippen molar-refractivity contribution in [1.82, 2.24) is 4.98 Å². The maximum atomic E-state index is 12.8. The van der Waals surface area contributed by atoms with E-state index in [1.54, 1.807) is 13.0 Å². The summed E-state index contributed by atoms with van der Waals surface area (Å²) in [5, 5.41) is 13.4. The minimum Gasteiger partial charge on any atom is -0.506 e. The van der Waals surface area contributed by atoms with Crippen molar-refractivity contribution in [2.24, 2.45) is 0 Å². The number of nitrogens with one attached hydrogen (secondary N) is 1. The number of phenolic OH excluding ortho intramolecular Hbond substituents is 1. The second-order valence-electron chi connectivity index (χ2n) is 6.74. The summed E-state index contributed by atoms with van der Waals surface area (Å²) in [5.74, 6) is 0.829. The molecule has 3 heterocycles. The minimum absolute atomic E-state index is 0.0880. The molecule has 8 nitrogen and oxygen atoms in total. The first kappa shape index (κ1) is 19.5. The molecule has 29 heavy (non-hydrogen) atoms. The molecule has 2 aromatic heterocycles. The lowest BCUT2D eigenvalue weighted by Gasteiger charge is -2.18. The zero-order chi connectivity index (χ0) is 20.8. The smallest absolute Gasteiger partial charge is 0.267 e. The van der Waals surface area contributed by atoms with E-state index in [2.05, 4.69) is 10.3 Å². The number of sulfonamides is 1.